The third kappa shape index (κ3) is 7.85. The van der Waals surface area contributed by atoms with Gasteiger partial charge < -0.3 is 30.1 Å². The Bertz CT molecular complexity index is 1220. The fraction of sp³-hybridized carbons (Fsp3) is 0.581. The summed E-state index contributed by atoms with van der Waals surface area (Å²) in [7, 11) is 0. The number of nitrogens with zero attached hydrogens (tertiary/aromatic N) is 1. The summed E-state index contributed by atoms with van der Waals surface area (Å²) in [6.45, 7) is 5.72. The third-order valence-corrected chi connectivity index (χ3v) is 8.41. The van der Waals surface area contributed by atoms with Crippen LogP contribution in [0.3, 0.4) is 0 Å². The summed E-state index contributed by atoms with van der Waals surface area (Å²) in [6.07, 6.45) is 5.11. The molecular formula is C31H42N4O8. The molecule has 2 bridgehead atoms. The molecule has 2 heterocycles. The summed E-state index contributed by atoms with van der Waals surface area (Å²) in [5.74, 6) is -2.83. The van der Waals surface area contributed by atoms with Crippen molar-refractivity contribution in [2.45, 2.75) is 94.9 Å². The first kappa shape index (κ1) is 31.8. The lowest BCUT2D eigenvalue weighted by molar-refractivity contribution is -0.145. The molecule has 43 heavy (non-hydrogen) atoms. The molecule has 4 N–H and O–H groups in total. The molecule has 4 amide bonds. The number of cyclic esters (lactones) is 1. The zero-order valence-corrected chi connectivity index (χ0v) is 24.6. The molecule has 0 aromatic heterocycles. The van der Waals surface area contributed by atoms with Crippen LogP contribution in [0.5, 0.6) is 0 Å². The van der Waals surface area contributed by atoms with E-state index in [0.717, 1.165) is 37.7 Å². The number of fused-ring (bicyclic) bond motifs is 3. The Morgan fingerprint density at radius 1 is 1.16 bits per heavy atom. The quantitative estimate of drug-likeness (QED) is 0.345. The van der Waals surface area contributed by atoms with Crippen LogP contribution >= 0.6 is 0 Å². The summed E-state index contributed by atoms with van der Waals surface area (Å²) >= 11 is 0. The summed E-state index contributed by atoms with van der Waals surface area (Å²) in [5, 5.41) is 17.9. The van der Waals surface area contributed by atoms with E-state index in [2.05, 4.69) is 22.5 Å². The molecule has 1 saturated carbocycles. The fourth-order valence-corrected chi connectivity index (χ4v) is 5.83. The number of carbonyl (C=O) groups is 5. The van der Waals surface area contributed by atoms with Gasteiger partial charge in [-0.1, -0.05) is 56.9 Å². The van der Waals surface area contributed by atoms with E-state index in [4.69, 9.17) is 9.47 Å². The lowest BCUT2D eigenvalue weighted by Gasteiger charge is -2.29. The number of benzene rings is 1. The van der Waals surface area contributed by atoms with E-state index in [1.807, 2.05) is 25.1 Å². The zero-order chi connectivity index (χ0) is 31.0. The first-order valence-corrected chi connectivity index (χ1v) is 15.2. The molecule has 1 aliphatic carbocycles. The van der Waals surface area contributed by atoms with Crippen LogP contribution in [0.4, 0.5) is 15.3 Å². The van der Waals surface area contributed by atoms with Crippen LogP contribution in [0.15, 0.2) is 36.9 Å². The highest BCUT2D eigenvalue weighted by Gasteiger charge is 2.61. The van der Waals surface area contributed by atoms with Gasteiger partial charge in [0.1, 0.15) is 23.7 Å². The van der Waals surface area contributed by atoms with Gasteiger partial charge in [-0.05, 0) is 43.7 Å². The van der Waals surface area contributed by atoms with Gasteiger partial charge in [0.05, 0.1) is 13.2 Å². The number of rotatable bonds is 7. The molecule has 3 aliphatic rings. The molecule has 234 valence electrons. The van der Waals surface area contributed by atoms with E-state index in [-0.39, 0.29) is 26.0 Å². The van der Waals surface area contributed by atoms with Gasteiger partial charge in [0.2, 0.25) is 11.8 Å². The number of unbranched alkanes of at least 4 members (excludes halogenated alkanes) is 1. The van der Waals surface area contributed by atoms with Gasteiger partial charge in [0, 0.05) is 18.0 Å². The minimum atomic E-state index is -1.50. The van der Waals surface area contributed by atoms with Gasteiger partial charge in [-0.2, -0.15) is 0 Å². The zero-order valence-electron chi connectivity index (χ0n) is 24.6. The maximum atomic E-state index is 13.9. The smallest absolute Gasteiger partial charge is 0.411 e. The van der Waals surface area contributed by atoms with E-state index in [1.54, 1.807) is 6.07 Å². The molecule has 5 atom stereocenters. The fourth-order valence-electron chi connectivity index (χ4n) is 5.83. The molecule has 0 unspecified atom stereocenters. The van der Waals surface area contributed by atoms with Gasteiger partial charge in [-0.3, -0.25) is 14.9 Å². The number of nitrogens with one attached hydrogen (secondary N) is 3. The topological polar surface area (TPSA) is 163 Å². The molecule has 1 aromatic rings. The second-order valence-corrected chi connectivity index (χ2v) is 11.5. The van der Waals surface area contributed by atoms with Gasteiger partial charge in [-0.15, -0.1) is 6.58 Å². The number of hydrogen-bond donors (Lipinski definition) is 4. The van der Waals surface area contributed by atoms with Crippen LogP contribution in [0.2, 0.25) is 0 Å². The Kier molecular flexibility index (Phi) is 10.7. The van der Waals surface area contributed by atoms with Crippen LogP contribution in [0.1, 0.15) is 70.3 Å². The number of ether oxygens (including phenoxy) is 2. The maximum absolute atomic E-state index is 13.9. The number of para-hydroxylation sites is 1. The number of anilines is 1. The normalized spacial score (nSPS) is 28.4. The summed E-state index contributed by atoms with van der Waals surface area (Å²) < 4.78 is 11.1. The van der Waals surface area contributed by atoms with Crippen molar-refractivity contribution in [2.75, 3.05) is 18.5 Å². The Hall–Kier alpha value is -4.09. The highest BCUT2D eigenvalue weighted by atomic mass is 16.6. The first-order valence-electron chi connectivity index (χ1n) is 15.2. The van der Waals surface area contributed by atoms with Crippen molar-refractivity contribution in [1.82, 2.24) is 15.5 Å². The summed E-state index contributed by atoms with van der Waals surface area (Å²) in [4.78, 5) is 66.4. The number of carboxylic acids is 1. The van der Waals surface area contributed by atoms with E-state index < -0.39 is 59.6 Å². The summed E-state index contributed by atoms with van der Waals surface area (Å²) in [5.41, 5.74) is 0.0748. The first-order chi connectivity index (χ1) is 20.7. The number of hydrogen-bond acceptors (Lipinski definition) is 7. The minimum absolute atomic E-state index is 0.0357. The highest BCUT2D eigenvalue weighted by Crippen LogP contribution is 2.45. The van der Waals surface area contributed by atoms with E-state index in [0.29, 0.717) is 24.9 Å². The van der Waals surface area contributed by atoms with Crippen molar-refractivity contribution >= 4 is 35.7 Å². The van der Waals surface area contributed by atoms with Crippen molar-refractivity contribution in [2.24, 2.45) is 5.92 Å². The molecular weight excluding hydrogens is 556 g/mol. The SMILES string of the molecule is C=C[C@H]1C[C@]1(NC(=O)[C@@H]1C[C@@H]2CN1C(=O)[C@H](CCCC)NC(=O)OCCCCCCc1ccccc1NC(=O)O2)C(=O)O. The molecule has 4 rings (SSSR count). The molecule has 0 spiro atoms. The Morgan fingerprint density at radius 3 is 2.65 bits per heavy atom. The van der Waals surface area contributed by atoms with Crippen LogP contribution in [0, 0.1) is 5.92 Å². The average molecular weight is 599 g/mol. The Morgan fingerprint density at radius 2 is 1.93 bits per heavy atom. The number of carboxylic acid groups (broad SMARTS) is 1. The second-order valence-electron chi connectivity index (χ2n) is 11.5. The predicted octanol–water partition coefficient (Wildman–Crippen LogP) is 3.75. The van der Waals surface area contributed by atoms with Crippen LogP contribution < -0.4 is 16.0 Å². The standard InChI is InChI=1S/C31H42N4O8/c1-3-5-14-24-27(37)35-19-22(17-25(35)26(36)34-31(28(38)39)18-21(31)4-2)43-30(41)32-23-15-10-9-13-20(23)12-8-6-7-11-16-42-29(40)33-24/h4,9-10,13,15,21-22,24-25H,2-3,5-8,11-12,14,16-19H2,1H3,(H,32,41)(H,33,40)(H,34,36)(H,38,39)/t21-,22+,24-,25-,31+/m0/s1. The van der Waals surface area contributed by atoms with E-state index >= 15 is 0 Å². The third-order valence-electron chi connectivity index (χ3n) is 8.41. The number of aryl methyl sites for hydroxylation is 1. The highest BCUT2D eigenvalue weighted by molar-refractivity contribution is 5.96. The summed E-state index contributed by atoms with van der Waals surface area (Å²) in [6, 6.07) is 5.35. The molecule has 2 fully saturated rings. The van der Waals surface area contributed by atoms with E-state index in [9.17, 15) is 29.1 Å². The second kappa shape index (κ2) is 14.4. The predicted molar refractivity (Wildman–Crippen MR) is 157 cm³/mol. The van der Waals surface area contributed by atoms with Gasteiger partial charge in [0.25, 0.3) is 0 Å². The molecule has 0 radical (unpaired) electrons. The van der Waals surface area contributed by atoms with E-state index in [1.165, 1.54) is 11.0 Å². The molecule has 12 heteroatoms. The van der Waals surface area contributed by atoms with Crippen molar-refractivity contribution < 1.29 is 38.6 Å². The molecule has 12 nitrogen and oxygen atoms in total. The van der Waals surface area contributed by atoms with Crippen molar-refractivity contribution in [1.29, 1.82) is 0 Å². The van der Waals surface area contributed by atoms with Crippen LogP contribution in [0.25, 0.3) is 0 Å². The largest absolute Gasteiger partial charge is 0.479 e. The molecule has 2 aliphatic heterocycles. The number of amides is 4. The molecule has 1 aromatic carbocycles. The maximum Gasteiger partial charge on any atom is 0.411 e. The average Bonchev–Trinajstić information content (AvgIpc) is 3.54. The van der Waals surface area contributed by atoms with Crippen LogP contribution in [-0.4, -0.2) is 76.9 Å². The molecule has 1 saturated heterocycles. The number of aliphatic carboxylic acids is 1. The number of carbonyl (C=O) groups excluding carboxylic acids is 4. The van der Waals surface area contributed by atoms with Gasteiger partial charge in [0.15, 0.2) is 0 Å². The van der Waals surface area contributed by atoms with Crippen LogP contribution in [-0.2, 0) is 30.3 Å². The lowest BCUT2D eigenvalue weighted by atomic mass is 10.0. The minimum Gasteiger partial charge on any atom is -0.479 e. The van der Waals surface area contributed by atoms with Crippen molar-refractivity contribution in [3.63, 3.8) is 0 Å². The van der Waals surface area contributed by atoms with Gasteiger partial charge >= 0.3 is 18.2 Å². The monoisotopic (exact) mass is 598 g/mol. The lowest BCUT2D eigenvalue weighted by Crippen LogP contribution is -2.56. The van der Waals surface area contributed by atoms with Crippen molar-refractivity contribution in [3.8, 4) is 0 Å². The van der Waals surface area contributed by atoms with Crippen molar-refractivity contribution in [3.05, 3.63) is 42.5 Å². The Balaban J connectivity index is 1.59. The Labute approximate surface area is 251 Å². The number of alkyl carbamates (subject to hydrolysis) is 1. The van der Waals surface area contributed by atoms with Gasteiger partial charge in [-0.25, -0.2) is 14.4 Å².